The van der Waals surface area contributed by atoms with Crippen LogP contribution in [0.15, 0.2) is 60.7 Å². The van der Waals surface area contributed by atoms with Gasteiger partial charge in [0.25, 0.3) is 0 Å². The molecule has 0 heterocycles. The van der Waals surface area contributed by atoms with E-state index in [1.165, 1.54) is 18.0 Å². The zero-order chi connectivity index (χ0) is 13.9. The molecule has 0 fully saturated rings. The summed E-state index contributed by atoms with van der Waals surface area (Å²) in [6.45, 7) is 1.36. The summed E-state index contributed by atoms with van der Waals surface area (Å²) < 4.78 is 11.3. The average Bonchev–Trinajstić information content (AvgIpc) is 2.52. The van der Waals surface area contributed by atoms with E-state index >= 15 is 0 Å². The van der Waals surface area contributed by atoms with Crippen molar-refractivity contribution < 1.29 is 9.16 Å². The molecule has 0 N–H and O–H groups in total. The Hall–Kier alpha value is -1.58. The van der Waals surface area contributed by atoms with E-state index in [0.29, 0.717) is 13.2 Å². The molecule has 2 nitrogen and oxygen atoms in total. The fourth-order valence-corrected chi connectivity index (χ4v) is 3.00. The zero-order valence-corrected chi connectivity index (χ0v) is 13.2. The lowest BCUT2D eigenvalue weighted by Crippen LogP contribution is -2.09. The first-order chi connectivity index (χ1) is 9.95. The fraction of sp³-hybridized carbons (Fsp3) is 0.294. The summed E-state index contributed by atoms with van der Waals surface area (Å²) in [5.41, 5.74) is 1.42. The van der Waals surface area contributed by atoms with Gasteiger partial charge in [0, 0.05) is 0 Å². The minimum Gasteiger partial charge on any atom is -0.491 e. The molecule has 2 rings (SSSR count). The molecule has 0 aromatic heterocycles. The lowest BCUT2D eigenvalue weighted by molar-refractivity contribution is 0.223. The minimum atomic E-state index is -0.385. The first-order valence-corrected chi connectivity index (χ1v) is 8.82. The molecule has 0 aliphatic rings. The molecule has 0 radical (unpaired) electrons. The summed E-state index contributed by atoms with van der Waals surface area (Å²) in [5, 5.41) is 0. The number of hydrogen-bond donors (Lipinski definition) is 0. The molecule has 0 unspecified atom stereocenters. The predicted molar refractivity (Wildman–Crippen MR) is 86.0 cm³/mol. The Balaban J connectivity index is 1.44. The first-order valence-electron chi connectivity index (χ1n) is 7.25. The number of benzene rings is 2. The average molecular weight is 286 g/mol. The molecule has 0 saturated heterocycles. The van der Waals surface area contributed by atoms with Gasteiger partial charge >= 0.3 is 0 Å². The van der Waals surface area contributed by atoms with Crippen molar-refractivity contribution in [3.05, 3.63) is 66.2 Å². The predicted octanol–water partition coefficient (Wildman–Crippen LogP) is 3.22. The van der Waals surface area contributed by atoms with Crippen LogP contribution in [-0.2, 0) is 10.8 Å². The van der Waals surface area contributed by atoms with Crippen molar-refractivity contribution >= 4 is 9.76 Å². The molecule has 0 spiro atoms. The van der Waals surface area contributed by atoms with Crippen LogP contribution in [0.3, 0.4) is 0 Å². The zero-order valence-electron chi connectivity index (χ0n) is 11.8. The molecule has 0 saturated carbocycles. The van der Waals surface area contributed by atoms with Gasteiger partial charge in [-0.3, -0.25) is 0 Å². The van der Waals surface area contributed by atoms with E-state index < -0.39 is 0 Å². The monoisotopic (exact) mass is 286 g/mol. The van der Waals surface area contributed by atoms with Gasteiger partial charge in [-0.25, -0.2) is 0 Å². The van der Waals surface area contributed by atoms with Gasteiger partial charge in [0.15, 0.2) is 9.76 Å². The van der Waals surface area contributed by atoms with Crippen LogP contribution in [0.5, 0.6) is 5.75 Å². The quantitative estimate of drug-likeness (QED) is 0.520. The Bertz CT molecular complexity index is 413. The second-order valence-corrected chi connectivity index (χ2v) is 6.24. The van der Waals surface area contributed by atoms with Gasteiger partial charge in [-0.1, -0.05) is 55.0 Å². The van der Waals surface area contributed by atoms with Gasteiger partial charge in [-0.05, 0) is 30.2 Å². The van der Waals surface area contributed by atoms with Crippen LogP contribution < -0.4 is 4.74 Å². The highest BCUT2D eigenvalue weighted by Gasteiger charge is 1.95. The Morgan fingerprint density at radius 1 is 0.800 bits per heavy atom. The van der Waals surface area contributed by atoms with Crippen LogP contribution in [0.25, 0.3) is 0 Å². The molecule has 2 aromatic carbocycles. The normalized spacial score (nSPS) is 11.0. The maximum Gasteiger partial charge on any atom is 0.161 e. The summed E-state index contributed by atoms with van der Waals surface area (Å²) in [5.74, 6) is 0.918. The maximum atomic E-state index is 5.71. The third-order valence-corrected chi connectivity index (χ3v) is 4.45. The molecule has 0 aliphatic carbocycles. The number of para-hydroxylation sites is 1. The third-order valence-electron chi connectivity index (χ3n) is 3.09. The molecule has 0 amide bonds. The van der Waals surface area contributed by atoms with Gasteiger partial charge in [0.1, 0.15) is 12.4 Å². The van der Waals surface area contributed by atoms with Crippen molar-refractivity contribution in [2.24, 2.45) is 0 Å². The van der Waals surface area contributed by atoms with Crippen LogP contribution >= 0.6 is 0 Å². The highest BCUT2D eigenvalue weighted by atomic mass is 28.2. The van der Waals surface area contributed by atoms with Crippen LogP contribution in [0, 0.1) is 0 Å². The Morgan fingerprint density at radius 3 is 2.25 bits per heavy atom. The second kappa shape index (κ2) is 9.34. The summed E-state index contributed by atoms with van der Waals surface area (Å²) in [6.07, 6.45) is 2.40. The van der Waals surface area contributed by atoms with E-state index in [4.69, 9.17) is 9.16 Å². The molecule has 3 heteroatoms. The van der Waals surface area contributed by atoms with Gasteiger partial charge < -0.3 is 9.16 Å². The molecular formula is C17H22O2Si. The largest absolute Gasteiger partial charge is 0.491 e. The standard InChI is InChI=1S/C17H22O2Si/c1-3-8-16(9-4-1)10-7-15-20-19-14-13-18-17-11-5-2-6-12-17/h1-6,8-9,11-12H,7,10,13-15,20H2. The minimum absolute atomic E-state index is 0.385. The molecule has 0 bridgehead atoms. The lowest BCUT2D eigenvalue weighted by atomic mass is 10.1. The van der Waals surface area contributed by atoms with Gasteiger partial charge in [0.2, 0.25) is 0 Å². The van der Waals surface area contributed by atoms with E-state index in [1.807, 2.05) is 30.3 Å². The number of rotatable bonds is 9. The summed E-state index contributed by atoms with van der Waals surface area (Å²) in [4.78, 5) is 0. The number of aryl methyl sites for hydroxylation is 1. The Labute approximate surface area is 123 Å². The van der Waals surface area contributed by atoms with E-state index in [9.17, 15) is 0 Å². The summed E-state index contributed by atoms with van der Waals surface area (Å²) >= 11 is 0. The molecule has 0 atom stereocenters. The first kappa shape index (κ1) is 14.8. The van der Waals surface area contributed by atoms with Crippen molar-refractivity contribution in [2.75, 3.05) is 13.2 Å². The van der Waals surface area contributed by atoms with Crippen LogP contribution in [-0.4, -0.2) is 23.0 Å². The van der Waals surface area contributed by atoms with Crippen LogP contribution in [0.4, 0.5) is 0 Å². The lowest BCUT2D eigenvalue weighted by Gasteiger charge is -2.07. The summed E-state index contributed by atoms with van der Waals surface area (Å²) in [7, 11) is -0.385. The van der Waals surface area contributed by atoms with E-state index in [1.54, 1.807) is 0 Å². The van der Waals surface area contributed by atoms with E-state index in [0.717, 1.165) is 12.2 Å². The summed E-state index contributed by atoms with van der Waals surface area (Å²) in [6, 6.07) is 21.8. The number of hydrogen-bond acceptors (Lipinski definition) is 2. The molecule has 0 aliphatic heterocycles. The van der Waals surface area contributed by atoms with Crippen molar-refractivity contribution in [1.29, 1.82) is 0 Å². The van der Waals surface area contributed by atoms with Crippen molar-refractivity contribution in [3.63, 3.8) is 0 Å². The second-order valence-electron chi connectivity index (χ2n) is 4.72. The Morgan fingerprint density at radius 2 is 1.50 bits per heavy atom. The Kier molecular flexibility index (Phi) is 6.92. The van der Waals surface area contributed by atoms with Crippen molar-refractivity contribution in [2.45, 2.75) is 18.9 Å². The van der Waals surface area contributed by atoms with Crippen molar-refractivity contribution in [3.8, 4) is 5.75 Å². The van der Waals surface area contributed by atoms with Gasteiger partial charge in [-0.15, -0.1) is 0 Å². The topological polar surface area (TPSA) is 18.5 Å². The third kappa shape index (κ3) is 6.04. The van der Waals surface area contributed by atoms with Gasteiger partial charge in [-0.2, -0.15) is 0 Å². The smallest absolute Gasteiger partial charge is 0.161 e. The maximum absolute atomic E-state index is 5.71. The molecule has 106 valence electrons. The van der Waals surface area contributed by atoms with Crippen LogP contribution in [0.1, 0.15) is 12.0 Å². The molecular weight excluding hydrogens is 264 g/mol. The molecule has 20 heavy (non-hydrogen) atoms. The number of ether oxygens (including phenoxy) is 1. The molecule has 2 aromatic rings. The highest BCUT2D eigenvalue weighted by Crippen LogP contribution is 2.08. The van der Waals surface area contributed by atoms with Crippen LogP contribution in [0.2, 0.25) is 6.04 Å². The van der Waals surface area contributed by atoms with Gasteiger partial charge in [0.05, 0.1) is 6.61 Å². The van der Waals surface area contributed by atoms with E-state index in [-0.39, 0.29) is 9.76 Å². The highest BCUT2D eigenvalue weighted by molar-refractivity contribution is 6.26. The SMILES string of the molecule is c1ccc(CCC[SiH2]OCCOc2ccccc2)cc1. The van der Waals surface area contributed by atoms with E-state index in [2.05, 4.69) is 30.3 Å². The fourth-order valence-electron chi connectivity index (χ4n) is 2.02. The van der Waals surface area contributed by atoms with Crippen molar-refractivity contribution in [1.82, 2.24) is 0 Å².